The Morgan fingerprint density at radius 1 is 1.16 bits per heavy atom. The van der Waals surface area contributed by atoms with E-state index in [2.05, 4.69) is 15.5 Å². The van der Waals surface area contributed by atoms with Crippen molar-refractivity contribution in [1.29, 1.82) is 0 Å². The third kappa shape index (κ3) is 5.11. The fourth-order valence-corrected chi connectivity index (χ4v) is 5.50. The van der Waals surface area contributed by atoms with Crippen LogP contribution < -0.4 is 10.6 Å². The number of nitrogens with zero attached hydrogens (tertiary/aromatic N) is 2. The Kier molecular flexibility index (Phi) is 7.08. The quantitative estimate of drug-likeness (QED) is 0.604. The second-order valence-corrected chi connectivity index (χ2v) is 9.39. The van der Waals surface area contributed by atoms with Crippen molar-refractivity contribution in [2.75, 3.05) is 32.7 Å². The first-order chi connectivity index (χ1) is 15.5. The van der Waals surface area contributed by atoms with E-state index in [1.165, 1.54) is 4.90 Å². The van der Waals surface area contributed by atoms with Crippen molar-refractivity contribution in [1.82, 2.24) is 20.4 Å². The Morgan fingerprint density at radius 3 is 2.53 bits per heavy atom. The number of piperidine rings is 1. The molecule has 1 aromatic carbocycles. The minimum atomic E-state index is -0.377. The molecule has 0 bridgehead atoms. The van der Waals surface area contributed by atoms with Gasteiger partial charge in [-0.15, -0.1) is 0 Å². The molecule has 2 aliphatic heterocycles. The van der Waals surface area contributed by atoms with Gasteiger partial charge in [0.2, 0.25) is 11.8 Å². The van der Waals surface area contributed by atoms with E-state index in [0.717, 1.165) is 63.7 Å². The lowest BCUT2D eigenvalue weighted by atomic mass is 9.77. The molecule has 0 spiro atoms. The Hall–Kier alpha value is -2.48. The molecular formula is C24H33FN4O3. The SMILES string of the molecule is O=C(CCCN1C(=O)CNC1=O)NC1CCN(CC2(c3ccccc3F)CCCC2)CC1. The molecule has 32 heavy (non-hydrogen) atoms. The number of hydrogen-bond donors (Lipinski definition) is 2. The van der Waals surface area contributed by atoms with Gasteiger partial charge in [-0.3, -0.25) is 14.5 Å². The molecule has 2 N–H and O–H groups in total. The fourth-order valence-electron chi connectivity index (χ4n) is 5.50. The molecule has 2 heterocycles. The predicted molar refractivity (Wildman–Crippen MR) is 118 cm³/mol. The molecule has 1 aromatic rings. The highest BCUT2D eigenvalue weighted by Crippen LogP contribution is 2.43. The van der Waals surface area contributed by atoms with Crippen molar-refractivity contribution in [2.24, 2.45) is 0 Å². The van der Waals surface area contributed by atoms with E-state index in [9.17, 15) is 18.8 Å². The predicted octanol–water partition coefficient (Wildman–Crippen LogP) is 2.55. The third-order valence-electron chi connectivity index (χ3n) is 7.21. The maximum Gasteiger partial charge on any atom is 0.324 e. The molecule has 3 aliphatic rings. The number of likely N-dealkylation sites (tertiary alicyclic amines) is 1. The maximum atomic E-state index is 14.6. The lowest BCUT2D eigenvalue weighted by molar-refractivity contribution is -0.126. The summed E-state index contributed by atoms with van der Waals surface area (Å²) in [6.07, 6.45) is 6.88. The molecule has 0 atom stereocenters. The highest BCUT2D eigenvalue weighted by molar-refractivity contribution is 6.01. The first-order valence-electron chi connectivity index (χ1n) is 11.8. The summed E-state index contributed by atoms with van der Waals surface area (Å²) in [7, 11) is 0. The van der Waals surface area contributed by atoms with Gasteiger partial charge in [0.15, 0.2) is 0 Å². The largest absolute Gasteiger partial charge is 0.353 e. The third-order valence-corrected chi connectivity index (χ3v) is 7.21. The van der Waals surface area contributed by atoms with E-state index < -0.39 is 0 Å². The molecule has 1 saturated carbocycles. The highest BCUT2D eigenvalue weighted by Gasteiger charge is 2.39. The van der Waals surface area contributed by atoms with Gasteiger partial charge in [0.1, 0.15) is 5.82 Å². The average Bonchev–Trinajstić information content (AvgIpc) is 3.38. The topological polar surface area (TPSA) is 81.8 Å². The van der Waals surface area contributed by atoms with Crippen LogP contribution in [0.1, 0.15) is 56.9 Å². The molecule has 4 rings (SSSR count). The van der Waals surface area contributed by atoms with Crippen LogP contribution in [0.25, 0.3) is 0 Å². The molecule has 7 nitrogen and oxygen atoms in total. The summed E-state index contributed by atoms with van der Waals surface area (Å²) in [5.41, 5.74) is 0.763. The van der Waals surface area contributed by atoms with Crippen LogP contribution in [-0.4, -0.2) is 66.4 Å². The Bertz CT molecular complexity index is 831. The number of urea groups is 1. The van der Waals surface area contributed by atoms with Crippen LogP contribution in [0.2, 0.25) is 0 Å². The number of imide groups is 1. The molecule has 0 radical (unpaired) electrons. The fraction of sp³-hybridized carbons (Fsp3) is 0.625. The van der Waals surface area contributed by atoms with Gasteiger partial charge in [0, 0.05) is 44.1 Å². The number of carbonyl (C=O) groups excluding carboxylic acids is 3. The molecule has 174 valence electrons. The van der Waals surface area contributed by atoms with Crippen LogP contribution in [0.5, 0.6) is 0 Å². The van der Waals surface area contributed by atoms with E-state index in [0.29, 0.717) is 12.8 Å². The van der Waals surface area contributed by atoms with Crippen LogP contribution in [0.4, 0.5) is 9.18 Å². The second-order valence-electron chi connectivity index (χ2n) is 9.39. The van der Waals surface area contributed by atoms with Crippen molar-refractivity contribution in [3.8, 4) is 0 Å². The average molecular weight is 445 g/mol. The van der Waals surface area contributed by atoms with Gasteiger partial charge >= 0.3 is 6.03 Å². The number of hydrogen-bond acceptors (Lipinski definition) is 4. The highest BCUT2D eigenvalue weighted by atomic mass is 19.1. The lowest BCUT2D eigenvalue weighted by Gasteiger charge is -2.39. The molecule has 0 aromatic heterocycles. The van der Waals surface area contributed by atoms with Gasteiger partial charge in [0.05, 0.1) is 6.54 Å². The zero-order valence-electron chi connectivity index (χ0n) is 18.6. The summed E-state index contributed by atoms with van der Waals surface area (Å²) >= 11 is 0. The van der Waals surface area contributed by atoms with E-state index in [1.807, 2.05) is 12.1 Å². The molecule has 0 unspecified atom stereocenters. The number of rotatable bonds is 8. The standard InChI is InChI=1S/C24H33FN4O3/c25-20-7-2-1-6-19(20)24(11-3-4-12-24)17-28-14-9-18(10-15-28)27-21(30)8-5-13-29-22(31)16-26-23(29)32/h1-2,6-7,18H,3-5,8-17H2,(H,26,32)(H,27,30). The summed E-state index contributed by atoms with van der Waals surface area (Å²) < 4.78 is 14.6. The first kappa shape index (κ1) is 22.7. The first-order valence-corrected chi connectivity index (χ1v) is 11.8. The van der Waals surface area contributed by atoms with Crippen molar-refractivity contribution < 1.29 is 18.8 Å². The Labute approximate surface area is 188 Å². The molecular weight excluding hydrogens is 411 g/mol. The number of benzene rings is 1. The van der Waals surface area contributed by atoms with E-state index in [1.54, 1.807) is 12.1 Å². The van der Waals surface area contributed by atoms with Gasteiger partial charge in [-0.25, -0.2) is 9.18 Å². The zero-order chi connectivity index (χ0) is 22.6. The smallest absolute Gasteiger partial charge is 0.324 e. The summed E-state index contributed by atoms with van der Waals surface area (Å²) in [6.45, 7) is 2.98. The molecule has 4 amide bonds. The van der Waals surface area contributed by atoms with Gasteiger partial charge < -0.3 is 15.5 Å². The van der Waals surface area contributed by atoms with Crippen LogP contribution in [0.3, 0.4) is 0 Å². The van der Waals surface area contributed by atoms with Crippen LogP contribution in [-0.2, 0) is 15.0 Å². The van der Waals surface area contributed by atoms with Crippen LogP contribution >= 0.6 is 0 Å². The monoisotopic (exact) mass is 444 g/mol. The number of carbonyl (C=O) groups is 3. The zero-order valence-corrected chi connectivity index (χ0v) is 18.6. The molecule has 2 saturated heterocycles. The van der Waals surface area contributed by atoms with Gasteiger partial charge in [-0.2, -0.15) is 0 Å². The van der Waals surface area contributed by atoms with Crippen LogP contribution in [0, 0.1) is 5.82 Å². The van der Waals surface area contributed by atoms with E-state index in [4.69, 9.17) is 0 Å². The van der Waals surface area contributed by atoms with Crippen molar-refractivity contribution in [2.45, 2.75) is 62.8 Å². The number of amides is 4. The van der Waals surface area contributed by atoms with Gasteiger partial charge in [-0.1, -0.05) is 31.0 Å². The summed E-state index contributed by atoms with van der Waals surface area (Å²) in [5, 5.41) is 5.58. The Morgan fingerprint density at radius 2 is 1.88 bits per heavy atom. The summed E-state index contributed by atoms with van der Waals surface area (Å²) in [6, 6.07) is 6.98. The lowest BCUT2D eigenvalue weighted by Crippen LogP contribution is -2.48. The van der Waals surface area contributed by atoms with E-state index in [-0.39, 0.29) is 48.2 Å². The maximum absolute atomic E-state index is 14.6. The molecule has 1 aliphatic carbocycles. The van der Waals surface area contributed by atoms with Crippen molar-refractivity contribution in [3.63, 3.8) is 0 Å². The normalized spacial score (nSPS) is 21.7. The Balaban J connectivity index is 1.22. The summed E-state index contributed by atoms with van der Waals surface area (Å²) in [4.78, 5) is 39.0. The number of nitrogens with one attached hydrogen (secondary N) is 2. The second kappa shape index (κ2) is 9.98. The van der Waals surface area contributed by atoms with Crippen molar-refractivity contribution in [3.05, 3.63) is 35.6 Å². The van der Waals surface area contributed by atoms with Crippen LogP contribution in [0.15, 0.2) is 24.3 Å². The van der Waals surface area contributed by atoms with E-state index >= 15 is 0 Å². The van der Waals surface area contributed by atoms with Gasteiger partial charge in [0.25, 0.3) is 0 Å². The summed E-state index contributed by atoms with van der Waals surface area (Å²) in [5.74, 6) is -0.364. The van der Waals surface area contributed by atoms with Crippen molar-refractivity contribution >= 4 is 17.8 Å². The minimum absolute atomic E-state index is 0.0332. The minimum Gasteiger partial charge on any atom is -0.353 e. The molecule has 3 fully saturated rings. The molecule has 8 heteroatoms. The van der Waals surface area contributed by atoms with Gasteiger partial charge in [-0.05, 0) is 43.7 Å². The number of halogens is 1.